The molecule has 0 spiro atoms. The number of guanidine groups is 1. The lowest BCUT2D eigenvalue weighted by Gasteiger charge is -2.54. The van der Waals surface area contributed by atoms with Crippen molar-refractivity contribution in [2.45, 2.75) is 52.2 Å². The third-order valence-corrected chi connectivity index (χ3v) is 5.07. The van der Waals surface area contributed by atoms with E-state index in [-0.39, 0.29) is 29.4 Å². The topological polar surface area (TPSA) is 84.6 Å². The molecule has 1 saturated heterocycles. The predicted octanol–water partition coefficient (Wildman–Crippen LogP) is 1.77. The van der Waals surface area contributed by atoms with Crippen LogP contribution in [0.4, 0.5) is 0 Å². The molecule has 2 fully saturated rings. The number of ether oxygens (including phenoxy) is 1. The van der Waals surface area contributed by atoms with Gasteiger partial charge in [-0.2, -0.15) is 4.98 Å². The van der Waals surface area contributed by atoms with Gasteiger partial charge in [-0.3, -0.25) is 4.99 Å². The van der Waals surface area contributed by atoms with Crippen LogP contribution in [0.3, 0.4) is 0 Å². The van der Waals surface area contributed by atoms with Crippen molar-refractivity contribution in [1.29, 1.82) is 0 Å². The first kappa shape index (κ1) is 19.4. The molecule has 2 N–H and O–H groups in total. The summed E-state index contributed by atoms with van der Waals surface area (Å²) in [6.45, 7) is 8.12. The Balaban J connectivity index is 0.00000208. The summed E-state index contributed by atoms with van der Waals surface area (Å²) in [5, 5.41) is 10.9. The molecule has 1 saturated carbocycles. The standard InChI is InChI=1S/C16H27N5O2.HI/c1-5-12-19-11(21-23-12)6-8-18-15(17-4)20-13-10-7-9-22-14(10)16(13,2)3;/h10,13-14H,5-9H2,1-4H3,(H2,17,18,20);1H. The molecule has 0 amide bonds. The maximum atomic E-state index is 5.84. The van der Waals surface area contributed by atoms with Crippen molar-refractivity contribution in [1.82, 2.24) is 20.8 Å². The third-order valence-electron chi connectivity index (χ3n) is 5.07. The summed E-state index contributed by atoms with van der Waals surface area (Å²) in [6, 6.07) is 0.401. The maximum Gasteiger partial charge on any atom is 0.226 e. The first-order chi connectivity index (χ1) is 11.1. The van der Waals surface area contributed by atoms with Gasteiger partial charge in [-0.15, -0.1) is 24.0 Å². The van der Waals surface area contributed by atoms with Gasteiger partial charge in [0.25, 0.3) is 0 Å². The first-order valence-electron chi connectivity index (χ1n) is 8.46. The van der Waals surface area contributed by atoms with Crippen LogP contribution in [0.25, 0.3) is 0 Å². The number of halogens is 1. The molecule has 7 nitrogen and oxygen atoms in total. The van der Waals surface area contributed by atoms with Crippen LogP contribution >= 0.6 is 24.0 Å². The molecule has 2 aliphatic rings. The van der Waals surface area contributed by atoms with Gasteiger partial charge < -0.3 is 19.9 Å². The highest BCUT2D eigenvalue weighted by Gasteiger charge is 2.59. The van der Waals surface area contributed by atoms with Crippen molar-refractivity contribution < 1.29 is 9.26 Å². The molecular weight excluding hydrogens is 421 g/mol. The average Bonchev–Trinajstić information content (AvgIpc) is 3.18. The van der Waals surface area contributed by atoms with Crippen LogP contribution in [0, 0.1) is 11.3 Å². The Morgan fingerprint density at radius 3 is 2.88 bits per heavy atom. The molecule has 8 heteroatoms. The molecule has 1 aromatic rings. The first-order valence-corrected chi connectivity index (χ1v) is 8.46. The average molecular weight is 449 g/mol. The second-order valence-corrected chi connectivity index (χ2v) is 6.89. The highest BCUT2D eigenvalue weighted by atomic mass is 127. The van der Waals surface area contributed by atoms with Crippen LogP contribution < -0.4 is 10.6 Å². The van der Waals surface area contributed by atoms with Crippen LogP contribution in [0.5, 0.6) is 0 Å². The molecule has 3 rings (SSSR count). The Morgan fingerprint density at radius 2 is 2.21 bits per heavy atom. The molecule has 0 bridgehead atoms. The number of rotatable bonds is 5. The normalized spacial score (nSPS) is 27.8. The van der Waals surface area contributed by atoms with Crippen molar-refractivity contribution >= 4 is 29.9 Å². The van der Waals surface area contributed by atoms with E-state index >= 15 is 0 Å². The summed E-state index contributed by atoms with van der Waals surface area (Å²) in [7, 11) is 1.80. The van der Waals surface area contributed by atoms with Gasteiger partial charge in [0.05, 0.1) is 6.10 Å². The molecule has 3 unspecified atom stereocenters. The van der Waals surface area contributed by atoms with Crippen LogP contribution in [0.15, 0.2) is 9.52 Å². The number of nitrogens with one attached hydrogen (secondary N) is 2. The predicted molar refractivity (Wildman–Crippen MR) is 103 cm³/mol. The van der Waals surface area contributed by atoms with Gasteiger partial charge in [-0.05, 0) is 6.42 Å². The van der Waals surface area contributed by atoms with Crippen molar-refractivity contribution in [3.8, 4) is 0 Å². The van der Waals surface area contributed by atoms with Crippen molar-refractivity contribution in [3.63, 3.8) is 0 Å². The Hall–Kier alpha value is -0.900. The van der Waals surface area contributed by atoms with E-state index in [2.05, 4.69) is 39.6 Å². The van der Waals surface area contributed by atoms with E-state index < -0.39 is 0 Å². The second kappa shape index (κ2) is 7.99. The molecular formula is C16H28IN5O2. The number of aliphatic imine (C=N–C) groups is 1. The molecule has 1 aliphatic heterocycles. The molecule has 136 valence electrons. The van der Waals surface area contributed by atoms with Crippen LogP contribution in [-0.4, -0.2) is 48.4 Å². The van der Waals surface area contributed by atoms with E-state index in [0.29, 0.717) is 30.4 Å². The number of aromatic nitrogens is 2. The minimum atomic E-state index is 0. The van der Waals surface area contributed by atoms with E-state index in [1.54, 1.807) is 7.05 Å². The van der Waals surface area contributed by atoms with Crippen LogP contribution in [0.1, 0.15) is 38.9 Å². The van der Waals surface area contributed by atoms with Crippen molar-refractivity contribution in [3.05, 3.63) is 11.7 Å². The molecule has 3 atom stereocenters. The van der Waals surface area contributed by atoms with Gasteiger partial charge in [-0.1, -0.05) is 25.9 Å². The highest BCUT2D eigenvalue weighted by Crippen LogP contribution is 2.51. The summed E-state index contributed by atoms with van der Waals surface area (Å²) < 4.78 is 11.0. The van der Waals surface area contributed by atoms with E-state index in [9.17, 15) is 0 Å². The van der Waals surface area contributed by atoms with E-state index in [1.807, 2.05) is 6.92 Å². The largest absolute Gasteiger partial charge is 0.377 e. The van der Waals surface area contributed by atoms with Gasteiger partial charge in [0.15, 0.2) is 11.8 Å². The quantitative estimate of drug-likeness (QED) is 0.405. The lowest BCUT2D eigenvalue weighted by Crippen LogP contribution is -2.68. The van der Waals surface area contributed by atoms with Gasteiger partial charge >= 0.3 is 0 Å². The Morgan fingerprint density at radius 1 is 1.42 bits per heavy atom. The second-order valence-electron chi connectivity index (χ2n) is 6.89. The van der Waals surface area contributed by atoms with E-state index in [0.717, 1.165) is 37.8 Å². The van der Waals surface area contributed by atoms with Gasteiger partial charge in [-0.25, -0.2) is 0 Å². The van der Waals surface area contributed by atoms with Crippen molar-refractivity contribution in [2.24, 2.45) is 16.3 Å². The van der Waals surface area contributed by atoms with Gasteiger partial charge in [0, 0.05) is 50.4 Å². The SMILES string of the molecule is CCc1nc(CCNC(=NC)NC2C3CCOC3C2(C)C)no1.I. The number of nitrogens with zero attached hydrogens (tertiary/aromatic N) is 3. The monoisotopic (exact) mass is 449 g/mol. The van der Waals surface area contributed by atoms with Crippen LogP contribution in [0.2, 0.25) is 0 Å². The van der Waals surface area contributed by atoms with E-state index in [4.69, 9.17) is 9.26 Å². The summed E-state index contributed by atoms with van der Waals surface area (Å²) >= 11 is 0. The lowest BCUT2D eigenvalue weighted by atomic mass is 9.57. The minimum Gasteiger partial charge on any atom is -0.377 e. The minimum absolute atomic E-state index is 0. The highest BCUT2D eigenvalue weighted by molar-refractivity contribution is 14.0. The zero-order valence-electron chi connectivity index (χ0n) is 14.8. The van der Waals surface area contributed by atoms with Gasteiger partial charge in [0.2, 0.25) is 5.89 Å². The van der Waals surface area contributed by atoms with Crippen molar-refractivity contribution in [2.75, 3.05) is 20.2 Å². The molecule has 1 aromatic heterocycles. The summed E-state index contributed by atoms with van der Waals surface area (Å²) in [6.07, 6.45) is 2.99. The number of fused-ring (bicyclic) bond motifs is 1. The fourth-order valence-electron chi connectivity index (χ4n) is 3.79. The van der Waals surface area contributed by atoms with E-state index in [1.165, 1.54) is 0 Å². The number of hydrogen-bond acceptors (Lipinski definition) is 5. The Labute approximate surface area is 160 Å². The summed E-state index contributed by atoms with van der Waals surface area (Å²) in [5.74, 6) is 2.84. The number of aryl methyl sites for hydroxylation is 1. The maximum absolute atomic E-state index is 5.84. The zero-order chi connectivity index (χ0) is 16.4. The smallest absolute Gasteiger partial charge is 0.226 e. The molecule has 0 radical (unpaired) electrons. The molecule has 2 heterocycles. The fraction of sp³-hybridized carbons (Fsp3) is 0.812. The number of hydrogen-bond donors (Lipinski definition) is 2. The lowest BCUT2D eigenvalue weighted by molar-refractivity contribution is -0.106. The zero-order valence-corrected chi connectivity index (χ0v) is 17.2. The fourth-order valence-corrected chi connectivity index (χ4v) is 3.79. The molecule has 0 aromatic carbocycles. The summed E-state index contributed by atoms with van der Waals surface area (Å²) in [5.41, 5.74) is 0.141. The third kappa shape index (κ3) is 3.68. The summed E-state index contributed by atoms with van der Waals surface area (Å²) in [4.78, 5) is 8.64. The van der Waals surface area contributed by atoms with Gasteiger partial charge in [0.1, 0.15) is 0 Å². The molecule has 24 heavy (non-hydrogen) atoms. The molecule has 1 aliphatic carbocycles. The van der Waals surface area contributed by atoms with Crippen LogP contribution in [-0.2, 0) is 17.6 Å². The Bertz CT molecular complexity index is 575. The Kier molecular flexibility index (Phi) is 6.46.